The molecule has 0 aliphatic carbocycles. The van der Waals surface area contributed by atoms with Gasteiger partial charge in [-0.3, -0.25) is 4.98 Å². The van der Waals surface area contributed by atoms with Crippen molar-refractivity contribution >= 4 is 17.4 Å². The van der Waals surface area contributed by atoms with Crippen molar-refractivity contribution in [3.05, 3.63) is 24.0 Å². The van der Waals surface area contributed by atoms with Gasteiger partial charge in [-0.1, -0.05) is 13.8 Å². The summed E-state index contributed by atoms with van der Waals surface area (Å²) in [6.07, 6.45) is 3.91. The van der Waals surface area contributed by atoms with Gasteiger partial charge in [0.25, 0.3) is 0 Å². The molecule has 1 aromatic rings. The molecule has 0 amide bonds. The second-order valence-electron chi connectivity index (χ2n) is 5.16. The Morgan fingerprint density at radius 3 is 3.11 bits per heavy atom. The highest BCUT2D eigenvalue weighted by molar-refractivity contribution is 7.99. The van der Waals surface area contributed by atoms with Crippen LogP contribution in [0.25, 0.3) is 0 Å². The van der Waals surface area contributed by atoms with Crippen LogP contribution in [0.3, 0.4) is 0 Å². The van der Waals surface area contributed by atoms with Gasteiger partial charge in [0.2, 0.25) is 0 Å². The first-order valence-electron chi connectivity index (χ1n) is 6.69. The molecule has 0 bridgehead atoms. The Morgan fingerprint density at radius 1 is 1.56 bits per heavy atom. The minimum absolute atomic E-state index is 0.514. The maximum atomic E-state index is 4.31. The molecule has 2 rings (SSSR count). The lowest BCUT2D eigenvalue weighted by atomic mass is 10.1. The SMILES string of the molecule is CC(C)NCc1ccncc1N1CCSCC1C. The third kappa shape index (κ3) is 3.39. The number of nitrogens with zero attached hydrogens (tertiary/aromatic N) is 2. The van der Waals surface area contributed by atoms with Crippen LogP contribution in [0, 0.1) is 0 Å². The predicted molar refractivity (Wildman–Crippen MR) is 80.3 cm³/mol. The van der Waals surface area contributed by atoms with Crippen LogP contribution in [0.4, 0.5) is 5.69 Å². The largest absolute Gasteiger partial charge is 0.366 e. The zero-order valence-electron chi connectivity index (χ0n) is 11.5. The van der Waals surface area contributed by atoms with Gasteiger partial charge in [-0.05, 0) is 18.6 Å². The Morgan fingerprint density at radius 2 is 2.39 bits per heavy atom. The number of pyridine rings is 1. The molecule has 0 saturated carbocycles. The molecule has 1 aliphatic heterocycles. The van der Waals surface area contributed by atoms with Crippen LogP contribution in [0.2, 0.25) is 0 Å². The third-order valence-electron chi connectivity index (χ3n) is 3.27. The number of thioether (sulfide) groups is 1. The van der Waals surface area contributed by atoms with Gasteiger partial charge in [0.05, 0.1) is 11.9 Å². The highest BCUT2D eigenvalue weighted by Crippen LogP contribution is 2.26. The van der Waals surface area contributed by atoms with Gasteiger partial charge >= 0.3 is 0 Å². The van der Waals surface area contributed by atoms with Gasteiger partial charge in [-0.25, -0.2) is 0 Å². The second-order valence-corrected chi connectivity index (χ2v) is 6.31. The first-order chi connectivity index (χ1) is 8.68. The van der Waals surface area contributed by atoms with Gasteiger partial charge in [0, 0.05) is 42.9 Å². The Bertz CT molecular complexity index is 381. The molecule has 1 aromatic heterocycles. The molecule has 1 N–H and O–H groups in total. The normalized spacial score (nSPS) is 20.4. The van der Waals surface area contributed by atoms with E-state index in [0.717, 1.165) is 13.1 Å². The molecule has 1 saturated heterocycles. The summed E-state index contributed by atoms with van der Waals surface area (Å²) in [6.45, 7) is 8.72. The highest BCUT2D eigenvalue weighted by atomic mass is 32.2. The first kappa shape index (κ1) is 13.7. The average molecular weight is 265 g/mol. The lowest BCUT2D eigenvalue weighted by Crippen LogP contribution is -2.41. The Kier molecular flexibility index (Phi) is 4.89. The van der Waals surface area contributed by atoms with Gasteiger partial charge in [-0.2, -0.15) is 11.8 Å². The molecular weight excluding hydrogens is 242 g/mol. The van der Waals surface area contributed by atoms with Gasteiger partial charge in [-0.15, -0.1) is 0 Å². The van der Waals surface area contributed by atoms with Crippen LogP contribution in [0.15, 0.2) is 18.5 Å². The summed E-state index contributed by atoms with van der Waals surface area (Å²) < 4.78 is 0. The van der Waals surface area contributed by atoms with Crippen molar-refractivity contribution in [3.63, 3.8) is 0 Å². The van der Waals surface area contributed by atoms with Crippen molar-refractivity contribution in [2.75, 3.05) is 23.0 Å². The van der Waals surface area contributed by atoms with Crippen molar-refractivity contribution in [2.24, 2.45) is 0 Å². The van der Waals surface area contributed by atoms with Crippen molar-refractivity contribution in [1.82, 2.24) is 10.3 Å². The predicted octanol–water partition coefficient (Wildman–Crippen LogP) is 2.52. The lowest BCUT2D eigenvalue weighted by Gasteiger charge is -2.36. The zero-order valence-corrected chi connectivity index (χ0v) is 12.3. The lowest BCUT2D eigenvalue weighted by molar-refractivity contribution is 0.585. The quantitative estimate of drug-likeness (QED) is 0.905. The zero-order chi connectivity index (χ0) is 13.0. The molecule has 1 fully saturated rings. The topological polar surface area (TPSA) is 28.2 Å². The van der Waals surface area contributed by atoms with E-state index in [4.69, 9.17) is 0 Å². The van der Waals surface area contributed by atoms with Crippen LogP contribution in [0.5, 0.6) is 0 Å². The minimum atomic E-state index is 0.514. The second kappa shape index (κ2) is 6.43. The van der Waals surface area contributed by atoms with Crippen molar-refractivity contribution < 1.29 is 0 Å². The Labute approximate surface area is 114 Å². The third-order valence-corrected chi connectivity index (χ3v) is 4.45. The summed E-state index contributed by atoms with van der Waals surface area (Å²) in [6, 6.07) is 3.25. The van der Waals surface area contributed by atoms with E-state index in [1.165, 1.54) is 22.8 Å². The van der Waals surface area contributed by atoms with Crippen LogP contribution < -0.4 is 10.2 Å². The minimum Gasteiger partial charge on any atom is -0.366 e. The summed E-state index contributed by atoms with van der Waals surface area (Å²) in [5.41, 5.74) is 2.66. The number of aromatic nitrogens is 1. The molecule has 0 radical (unpaired) electrons. The smallest absolute Gasteiger partial charge is 0.0601 e. The van der Waals surface area contributed by atoms with E-state index in [-0.39, 0.29) is 0 Å². The molecule has 0 aromatic carbocycles. The van der Waals surface area contributed by atoms with Gasteiger partial charge < -0.3 is 10.2 Å². The fourth-order valence-electron chi connectivity index (χ4n) is 2.22. The summed E-state index contributed by atoms with van der Waals surface area (Å²) >= 11 is 2.05. The molecule has 1 aliphatic rings. The first-order valence-corrected chi connectivity index (χ1v) is 7.84. The maximum absolute atomic E-state index is 4.31. The number of hydrogen-bond donors (Lipinski definition) is 1. The molecule has 18 heavy (non-hydrogen) atoms. The summed E-state index contributed by atoms with van der Waals surface area (Å²) in [5.74, 6) is 2.43. The number of hydrogen-bond acceptors (Lipinski definition) is 4. The standard InChI is InChI=1S/C14H23N3S/c1-11(2)16-8-13-4-5-15-9-14(13)17-6-7-18-10-12(17)3/h4-5,9,11-12,16H,6-8,10H2,1-3H3. The molecule has 0 spiro atoms. The molecule has 100 valence electrons. The van der Waals surface area contributed by atoms with Crippen LogP contribution >= 0.6 is 11.8 Å². The van der Waals surface area contributed by atoms with Crippen molar-refractivity contribution in [3.8, 4) is 0 Å². The van der Waals surface area contributed by atoms with E-state index in [9.17, 15) is 0 Å². The van der Waals surface area contributed by atoms with E-state index in [2.05, 4.69) is 42.0 Å². The van der Waals surface area contributed by atoms with E-state index in [0.29, 0.717) is 12.1 Å². The van der Waals surface area contributed by atoms with E-state index < -0.39 is 0 Å². The van der Waals surface area contributed by atoms with E-state index in [1.54, 1.807) is 0 Å². The summed E-state index contributed by atoms with van der Waals surface area (Å²) in [5, 5.41) is 3.50. The van der Waals surface area contributed by atoms with E-state index >= 15 is 0 Å². The highest BCUT2D eigenvalue weighted by Gasteiger charge is 2.21. The Balaban J connectivity index is 2.15. The van der Waals surface area contributed by atoms with Crippen LogP contribution in [0.1, 0.15) is 26.3 Å². The number of nitrogens with one attached hydrogen (secondary N) is 1. The molecule has 3 nitrogen and oxygen atoms in total. The van der Waals surface area contributed by atoms with Gasteiger partial charge in [0.1, 0.15) is 0 Å². The fraction of sp³-hybridized carbons (Fsp3) is 0.643. The van der Waals surface area contributed by atoms with Gasteiger partial charge in [0.15, 0.2) is 0 Å². The maximum Gasteiger partial charge on any atom is 0.0601 e. The van der Waals surface area contributed by atoms with Crippen LogP contribution in [-0.4, -0.2) is 35.1 Å². The van der Waals surface area contributed by atoms with Crippen molar-refractivity contribution in [1.29, 1.82) is 0 Å². The Hall–Kier alpha value is -0.740. The number of anilines is 1. The van der Waals surface area contributed by atoms with Crippen LogP contribution in [-0.2, 0) is 6.54 Å². The fourth-order valence-corrected chi connectivity index (χ4v) is 3.24. The average Bonchev–Trinajstić information content (AvgIpc) is 2.37. The molecule has 1 atom stereocenters. The van der Waals surface area contributed by atoms with E-state index in [1.807, 2.05) is 24.2 Å². The number of rotatable bonds is 4. The summed E-state index contributed by atoms with van der Waals surface area (Å²) in [7, 11) is 0. The molecule has 2 heterocycles. The molecule has 4 heteroatoms. The monoisotopic (exact) mass is 265 g/mol. The summed E-state index contributed by atoms with van der Waals surface area (Å²) in [4.78, 5) is 6.81. The van der Waals surface area contributed by atoms with Crippen molar-refractivity contribution in [2.45, 2.75) is 39.4 Å². The molecule has 1 unspecified atom stereocenters. The molecular formula is C14H23N3S.